The summed E-state index contributed by atoms with van der Waals surface area (Å²) in [5.41, 5.74) is 2.26. The zero-order chi connectivity index (χ0) is 22.2. The van der Waals surface area contributed by atoms with Crippen LogP contribution in [0, 0.1) is 5.82 Å². The Hall–Kier alpha value is -2.22. The molecule has 0 radical (unpaired) electrons. The van der Waals surface area contributed by atoms with Crippen LogP contribution in [0.5, 0.6) is 0 Å². The highest BCUT2D eigenvalue weighted by Crippen LogP contribution is 2.31. The Kier molecular flexibility index (Phi) is 6.36. The molecule has 0 saturated carbocycles. The van der Waals surface area contributed by atoms with E-state index in [9.17, 15) is 17.6 Å². The number of hydrogen-bond acceptors (Lipinski definition) is 5. The number of Topliss-reactive ketones (excluding diaryl/α,β-unsaturated/α-hetero) is 1. The first-order valence-corrected chi connectivity index (χ1v) is 12.0. The van der Waals surface area contributed by atoms with E-state index in [1.54, 1.807) is 4.68 Å². The van der Waals surface area contributed by atoms with Gasteiger partial charge in [-0.2, -0.15) is 5.10 Å². The molecule has 1 aliphatic heterocycles. The maximum Gasteiger partial charge on any atom is 0.190 e. The molecule has 2 heterocycles. The molecule has 0 fully saturated rings. The lowest BCUT2D eigenvalue weighted by Crippen LogP contribution is -2.30. The molecular formula is C22H30FN3O3S. The summed E-state index contributed by atoms with van der Waals surface area (Å²) in [7, 11) is -2.00. The van der Waals surface area contributed by atoms with Crippen LogP contribution in [0.15, 0.2) is 23.2 Å². The third kappa shape index (κ3) is 4.43. The van der Waals surface area contributed by atoms with Crippen LogP contribution < -0.4 is 4.90 Å². The van der Waals surface area contributed by atoms with E-state index < -0.39 is 21.4 Å². The molecule has 0 N–H and O–H groups in total. The van der Waals surface area contributed by atoms with E-state index in [-0.39, 0.29) is 29.0 Å². The third-order valence-electron chi connectivity index (χ3n) is 5.59. The molecule has 30 heavy (non-hydrogen) atoms. The normalized spacial score (nSPS) is 14.5. The molecule has 0 amide bonds. The molecule has 1 aromatic carbocycles. The number of halogens is 1. The van der Waals surface area contributed by atoms with Crippen molar-refractivity contribution in [2.45, 2.75) is 63.8 Å². The standard InChI is InChI=1S/C22H30FN3O3S/c1-14(2)18-9-16(23)10-19(15(3)4)20(18)11-17(27)13-30(28,29)21-12-24-26-8-6-7-25(5)22(21)26/h9-10,12,14-15H,6-8,11,13H2,1-5H3. The van der Waals surface area contributed by atoms with Gasteiger partial charge in [-0.25, -0.2) is 17.5 Å². The van der Waals surface area contributed by atoms with Crippen LogP contribution in [0.4, 0.5) is 10.2 Å². The van der Waals surface area contributed by atoms with Crippen molar-refractivity contribution in [1.29, 1.82) is 0 Å². The molecule has 8 heteroatoms. The van der Waals surface area contributed by atoms with Gasteiger partial charge in [0.25, 0.3) is 0 Å². The van der Waals surface area contributed by atoms with E-state index >= 15 is 0 Å². The Balaban J connectivity index is 1.90. The van der Waals surface area contributed by atoms with Crippen LogP contribution >= 0.6 is 0 Å². The molecule has 0 unspecified atom stereocenters. The van der Waals surface area contributed by atoms with Gasteiger partial charge in [0.2, 0.25) is 0 Å². The van der Waals surface area contributed by atoms with E-state index in [4.69, 9.17) is 0 Å². The van der Waals surface area contributed by atoms with Gasteiger partial charge < -0.3 is 4.90 Å². The second kappa shape index (κ2) is 8.49. The SMILES string of the molecule is CC(C)c1cc(F)cc(C(C)C)c1CC(=O)CS(=O)(=O)c1cnn2c1N(C)CCC2. The first-order valence-electron chi connectivity index (χ1n) is 10.3. The van der Waals surface area contributed by atoms with Crippen molar-refractivity contribution in [2.75, 3.05) is 24.2 Å². The average molecular weight is 436 g/mol. The van der Waals surface area contributed by atoms with E-state index in [1.165, 1.54) is 18.3 Å². The van der Waals surface area contributed by atoms with E-state index in [2.05, 4.69) is 5.10 Å². The Bertz CT molecular complexity index is 1030. The fraction of sp³-hybridized carbons (Fsp3) is 0.545. The van der Waals surface area contributed by atoms with Crippen molar-refractivity contribution in [3.63, 3.8) is 0 Å². The van der Waals surface area contributed by atoms with Gasteiger partial charge in [-0.1, -0.05) is 27.7 Å². The number of aromatic nitrogens is 2. The maximum atomic E-state index is 14.1. The second-order valence-electron chi connectivity index (χ2n) is 8.68. The fourth-order valence-electron chi connectivity index (χ4n) is 4.15. The van der Waals surface area contributed by atoms with Crippen LogP contribution in [-0.4, -0.2) is 43.3 Å². The summed E-state index contributed by atoms with van der Waals surface area (Å²) in [5.74, 6) is -0.736. The highest BCUT2D eigenvalue weighted by molar-refractivity contribution is 7.92. The predicted molar refractivity (Wildman–Crippen MR) is 115 cm³/mol. The van der Waals surface area contributed by atoms with Crippen LogP contribution in [0.3, 0.4) is 0 Å². The zero-order valence-electron chi connectivity index (χ0n) is 18.3. The zero-order valence-corrected chi connectivity index (χ0v) is 19.1. The first kappa shape index (κ1) is 22.5. The Morgan fingerprint density at radius 2 is 1.73 bits per heavy atom. The molecule has 0 saturated heterocycles. The molecular weight excluding hydrogens is 405 g/mol. The number of anilines is 1. The van der Waals surface area contributed by atoms with Gasteiger partial charge in [0.15, 0.2) is 15.6 Å². The van der Waals surface area contributed by atoms with Crippen LogP contribution in [0.25, 0.3) is 0 Å². The van der Waals surface area contributed by atoms with Crippen molar-refractivity contribution in [3.05, 3.63) is 40.8 Å². The Morgan fingerprint density at radius 1 is 1.13 bits per heavy atom. The highest BCUT2D eigenvalue weighted by Gasteiger charge is 2.30. The minimum atomic E-state index is -3.83. The number of aryl methyl sites for hydroxylation is 1. The number of carbonyl (C=O) groups is 1. The van der Waals surface area contributed by atoms with Gasteiger partial charge >= 0.3 is 0 Å². The molecule has 0 atom stereocenters. The molecule has 0 spiro atoms. The molecule has 0 aliphatic carbocycles. The monoisotopic (exact) mass is 435 g/mol. The first-order chi connectivity index (χ1) is 14.0. The average Bonchev–Trinajstić information content (AvgIpc) is 3.08. The molecule has 1 aliphatic rings. The number of hydrogen-bond donors (Lipinski definition) is 0. The van der Waals surface area contributed by atoms with Gasteiger partial charge in [0.05, 0.1) is 6.20 Å². The van der Waals surface area contributed by atoms with Crippen molar-refractivity contribution >= 4 is 21.4 Å². The summed E-state index contributed by atoms with van der Waals surface area (Å²) in [6.07, 6.45) is 2.21. The summed E-state index contributed by atoms with van der Waals surface area (Å²) >= 11 is 0. The van der Waals surface area contributed by atoms with E-state index in [1.807, 2.05) is 39.6 Å². The number of nitrogens with zero attached hydrogens (tertiary/aromatic N) is 3. The number of rotatable bonds is 7. The summed E-state index contributed by atoms with van der Waals surface area (Å²) < 4.78 is 41.9. The van der Waals surface area contributed by atoms with Gasteiger partial charge in [0.1, 0.15) is 22.3 Å². The maximum absolute atomic E-state index is 14.1. The second-order valence-corrected chi connectivity index (χ2v) is 10.6. The predicted octanol–water partition coefficient (Wildman–Crippen LogP) is 3.69. The fourth-order valence-corrected chi connectivity index (χ4v) is 5.57. The smallest absolute Gasteiger partial charge is 0.190 e. The molecule has 0 bridgehead atoms. The number of benzene rings is 1. The van der Waals surface area contributed by atoms with Crippen molar-refractivity contribution in [3.8, 4) is 0 Å². The summed E-state index contributed by atoms with van der Waals surface area (Å²) in [6, 6.07) is 2.91. The van der Waals surface area contributed by atoms with Crippen LogP contribution in [0.1, 0.15) is 62.6 Å². The van der Waals surface area contributed by atoms with E-state index in [0.717, 1.165) is 29.7 Å². The Labute approximate surface area is 178 Å². The van der Waals surface area contributed by atoms with Crippen molar-refractivity contribution < 1.29 is 17.6 Å². The summed E-state index contributed by atoms with van der Waals surface area (Å²) in [6.45, 7) is 9.18. The quantitative estimate of drug-likeness (QED) is 0.663. The lowest BCUT2D eigenvalue weighted by molar-refractivity contribution is -0.116. The number of ketones is 1. The number of sulfone groups is 1. The summed E-state index contributed by atoms with van der Waals surface area (Å²) in [4.78, 5) is 14.9. The minimum Gasteiger partial charge on any atom is -0.359 e. The topological polar surface area (TPSA) is 72.3 Å². The van der Waals surface area contributed by atoms with Crippen LogP contribution in [0.2, 0.25) is 0 Å². The number of fused-ring (bicyclic) bond motifs is 1. The molecule has 1 aromatic heterocycles. The molecule has 6 nitrogen and oxygen atoms in total. The Morgan fingerprint density at radius 3 is 2.30 bits per heavy atom. The lowest BCUT2D eigenvalue weighted by Gasteiger charge is -2.26. The van der Waals surface area contributed by atoms with Crippen molar-refractivity contribution in [2.24, 2.45) is 0 Å². The van der Waals surface area contributed by atoms with Crippen molar-refractivity contribution in [1.82, 2.24) is 9.78 Å². The molecule has 2 aromatic rings. The highest BCUT2D eigenvalue weighted by atomic mass is 32.2. The summed E-state index contributed by atoms with van der Waals surface area (Å²) in [5, 5.41) is 4.19. The molecule has 3 rings (SSSR count). The third-order valence-corrected chi connectivity index (χ3v) is 7.25. The van der Waals surface area contributed by atoms with Gasteiger partial charge in [-0.15, -0.1) is 0 Å². The van der Waals surface area contributed by atoms with E-state index in [0.29, 0.717) is 12.4 Å². The van der Waals surface area contributed by atoms with Gasteiger partial charge in [-0.05, 0) is 47.1 Å². The van der Waals surface area contributed by atoms with Gasteiger partial charge in [0, 0.05) is 26.6 Å². The van der Waals surface area contributed by atoms with Gasteiger partial charge in [-0.3, -0.25) is 4.79 Å². The largest absolute Gasteiger partial charge is 0.359 e. The lowest BCUT2D eigenvalue weighted by atomic mass is 9.86. The van der Waals surface area contributed by atoms with Crippen LogP contribution in [-0.2, 0) is 27.6 Å². The number of carbonyl (C=O) groups excluding carboxylic acids is 1. The molecule has 164 valence electrons. The minimum absolute atomic E-state index is 0.0222.